The minimum atomic E-state index is -3.90. The van der Waals surface area contributed by atoms with E-state index < -0.39 is 62.6 Å². The summed E-state index contributed by atoms with van der Waals surface area (Å²) >= 11 is 0. The molecule has 0 radical (unpaired) electrons. The number of rotatable bonds is 8. The summed E-state index contributed by atoms with van der Waals surface area (Å²) < 4.78 is 46.6. The van der Waals surface area contributed by atoms with Crippen LogP contribution in [-0.4, -0.2) is 84.6 Å². The monoisotopic (exact) mass is 783 g/mol. The number of amides is 4. The number of hydrogen-bond acceptors (Lipinski definition) is 10. The van der Waals surface area contributed by atoms with E-state index in [0.29, 0.717) is 66.0 Å². The molecule has 2 aliphatic carbocycles. The Balaban J connectivity index is 1.15. The molecule has 3 N–H and O–H groups in total. The molecule has 1 saturated heterocycles. The molecular weight excluding hydrogens is 739 g/mol. The summed E-state index contributed by atoms with van der Waals surface area (Å²) in [7, 11) is -2.32. The predicted molar refractivity (Wildman–Crippen MR) is 207 cm³/mol. The smallest absolute Gasteiger partial charge is 0.259 e. The molecule has 4 amide bonds. The third-order valence-corrected chi connectivity index (χ3v) is 13.0. The highest BCUT2D eigenvalue weighted by molar-refractivity contribution is 7.91. The van der Waals surface area contributed by atoms with Crippen LogP contribution in [-0.2, 0) is 29.2 Å². The number of hydrogen-bond donors (Lipinski definition) is 3. The van der Waals surface area contributed by atoms with Crippen molar-refractivity contribution in [3.05, 3.63) is 66.7 Å². The average Bonchev–Trinajstić information content (AvgIpc) is 4.08. The first kappa shape index (κ1) is 37.5. The van der Waals surface area contributed by atoms with Crippen molar-refractivity contribution in [1.29, 1.82) is 0 Å². The fraction of sp³-hybridized carbons (Fsp3) is 0.439. The Morgan fingerprint density at radius 2 is 1.80 bits per heavy atom. The molecular formula is C41H45N5O9S. The van der Waals surface area contributed by atoms with Crippen LogP contribution in [0.15, 0.2) is 71.2 Å². The lowest BCUT2D eigenvalue weighted by Crippen LogP contribution is -2.58. The van der Waals surface area contributed by atoms with Crippen molar-refractivity contribution in [2.45, 2.75) is 93.7 Å². The van der Waals surface area contributed by atoms with E-state index in [-0.39, 0.29) is 25.3 Å². The van der Waals surface area contributed by atoms with Crippen LogP contribution in [0.4, 0.5) is 0 Å². The van der Waals surface area contributed by atoms with E-state index >= 15 is 0 Å². The van der Waals surface area contributed by atoms with E-state index in [1.54, 1.807) is 13.2 Å². The number of furan rings is 1. The lowest BCUT2D eigenvalue weighted by molar-refractivity contribution is -0.142. The van der Waals surface area contributed by atoms with Gasteiger partial charge in [0.2, 0.25) is 27.7 Å². The van der Waals surface area contributed by atoms with Gasteiger partial charge >= 0.3 is 0 Å². The van der Waals surface area contributed by atoms with Gasteiger partial charge in [-0.05, 0) is 62.8 Å². The Hall–Kier alpha value is -5.44. The van der Waals surface area contributed by atoms with Crippen molar-refractivity contribution in [3.8, 4) is 22.8 Å². The standard InChI is InChI=1S/C41H45N5O9S/c1-24(47)42-30-15-7-5-3-4-6-12-25-22-41(25,40(50)45-56(51,52)27-18-19-27)44-38(48)32-20-26(23-46(32)39(30)49)54-35-21-31(28-13-8-10-16-33(28)53-2)43-36-29-14-9-11-17-34(29)55-37(35)36/h6,8-14,16-17,21,25-27,30,32H,3-5,7,15,18-20,22-23H2,1-2H3,(H,42,47)(H,44,48)(H,45,50)/t25-,26-,30+,32+,41-/m1/s1. The van der Waals surface area contributed by atoms with Gasteiger partial charge in [0.15, 0.2) is 11.3 Å². The number of aromatic nitrogens is 1. The van der Waals surface area contributed by atoms with Gasteiger partial charge in [-0.3, -0.25) is 23.9 Å². The number of pyridine rings is 1. The van der Waals surface area contributed by atoms with Gasteiger partial charge < -0.3 is 29.4 Å². The normalized spacial score (nSPS) is 25.7. The minimum absolute atomic E-state index is 0.0143. The number of para-hydroxylation sites is 2. The number of nitrogens with zero attached hydrogens (tertiary/aromatic N) is 2. The number of benzene rings is 2. The zero-order valence-electron chi connectivity index (χ0n) is 31.3. The molecule has 0 bridgehead atoms. The topological polar surface area (TPSA) is 186 Å². The number of carbonyl (C=O) groups is 4. The van der Waals surface area contributed by atoms with Gasteiger partial charge in [-0.25, -0.2) is 13.4 Å². The highest BCUT2D eigenvalue weighted by atomic mass is 32.2. The number of methoxy groups -OCH3 is 1. The third-order valence-electron chi connectivity index (χ3n) is 11.2. The van der Waals surface area contributed by atoms with Gasteiger partial charge in [0.1, 0.15) is 40.6 Å². The number of carbonyl (C=O) groups excluding carboxylic acids is 4. The average molecular weight is 784 g/mol. The maximum atomic E-state index is 14.5. The fourth-order valence-corrected chi connectivity index (χ4v) is 9.37. The summed E-state index contributed by atoms with van der Waals surface area (Å²) in [4.78, 5) is 61.4. The van der Waals surface area contributed by atoms with Gasteiger partial charge in [0.05, 0.1) is 24.6 Å². The van der Waals surface area contributed by atoms with Crippen LogP contribution in [0.5, 0.6) is 11.5 Å². The molecule has 2 saturated carbocycles. The van der Waals surface area contributed by atoms with Crippen LogP contribution in [0.2, 0.25) is 0 Å². The van der Waals surface area contributed by atoms with Crippen LogP contribution >= 0.6 is 0 Å². The van der Waals surface area contributed by atoms with Crippen molar-refractivity contribution in [3.63, 3.8) is 0 Å². The molecule has 2 aliphatic heterocycles. The van der Waals surface area contributed by atoms with E-state index in [4.69, 9.17) is 18.9 Å². The largest absolute Gasteiger partial charge is 0.496 e. The second kappa shape index (κ2) is 14.9. The van der Waals surface area contributed by atoms with Gasteiger partial charge in [-0.15, -0.1) is 0 Å². The van der Waals surface area contributed by atoms with Crippen molar-refractivity contribution in [2.75, 3.05) is 13.7 Å². The van der Waals surface area contributed by atoms with Crippen LogP contribution in [0.1, 0.15) is 64.7 Å². The Labute approximate surface area is 324 Å². The van der Waals surface area contributed by atoms with Crippen molar-refractivity contribution >= 4 is 55.7 Å². The lowest BCUT2D eigenvalue weighted by atomic mass is 10.0. The molecule has 5 atom stereocenters. The summed E-state index contributed by atoms with van der Waals surface area (Å²) in [5.74, 6) is -1.70. The molecule has 4 aromatic rings. The first-order valence-corrected chi connectivity index (χ1v) is 20.8. The molecule has 0 unspecified atom stereocenters. The number of nitrogens with one attached hydrogen (secondary N) is 3. The molecule has 8 rings (SSSR count). The van der Waals surface area contributed by atoms with E-state index in [2.05, 4.69) is 15.4 Å². The molecule has 0 spiro atoms. The van der Waals surface area contributed by atoms with Gasteiger partial charge in [0.25, 0.3) is 5.91 Å². The summed E-state index contributed by atoms with van der Waals surface area (Å²) in [6.45, 7) is 1.33. The molecule has 3 fully saturated rings. The van der Waals surface area contributed by atoms with Crippen LogP contribution in [0, 0.1) is 5.92 Å². The summed E-state index contributed by atoms with van der Waals surface area (Å²) in [6, 6.07) is 14.7. The molecule has 15 heteroatoms. The van der Waals surface area contributed by atoms with Gasteiger partial charge in [-0.2, -0.15) is 0 Å². The lowest BCUT2D eigenvalue weighted by Gasteiger charge is -2.29. The molecule has 56 heavy (non-hydrogen) atoms. The Kier molecular flexibility index (Phi) is 9.97. The second-order valence-corrected chi connectivity index (χ2v) is 17.2. The van der Waals surface area contributed by atoms with Gasteiger partial charge in [0, 0.05) is 36.3 Å². The highest BCUT2D eigenvalue weighted by Gasteiger charge is 2.62. The molecule has 294 valence electrons. The van der Waals surface area contributed by atoms with E-state index in [1.165, 1.54) is 11.8 Å². The van der Waals surface area contributed by atoms with Crippen LogP contribution in [0.25, 0.3) is 33.3 Å². The number of ether oxygens (including phenoxy) is 2. The summed E-state index contributed by atoms with van der Waals surface area (Å²) in [5, 5.41) is 5.83. The summed E-state index contributed by atoms with van der Waals surface area (Å²) in [6.07, 6.45) is 7.64. The maximum Gasteiger partial charge on any atom is 0.259 e. The Bertz CT molecular complexity index is 2360. The van der Waals surface area contributed by atoms with Crippen LogP contribution in [0.3, 0.4) is 0 Å². The van der Waals surface area contributed by atoms with Gasteiger partial charge in [-0.1, -0.05) is 49.3 Å². The molecule has 4 heterocycles. The fourth-order valence-electron chi connectivity index (χ4n) is 8.01. The molecule has 2 aromatic heterocycles. The Morgan fingerprint density at radius 3 is 2.59 bits per heavy atom. The first-order chi connectivity index (χ1) is 27.0. The number of fused-ring (bicyclic) bond motifs is 5. The zero-order valence-corrected chi connectivity index (χ0v) is 32.1. The molecule has 14 nitrogen and oxygen atoms in total. The third kappa shape index (κ3) is 7.31. The van der Waals surface area contributed by atoms with E-state index in [1.807, 2.05) is 60.7 Å². The van der Waals surface area contributed by atoms with E-state index in [9.17, 15) is 27.6 Å². The quantitative estimate of drug-likeness (QED) is 0.215. The van der Waals surface area contributed by atoms with Crippen LogP contribution < -0.4 is 24.8 Å². The minimum Gasteiger partial charge on any atom is -0.496 e. The van der Waals surface area contributed by atoms with E-state index in [0.717, 1.165) is 23.8 Å². The number of sulfonamides is 1. The zero-order chi connectivity index (χ0) is 39.2. The predicted octanol–water partition coefficient (Wildman–Crippen LogP) is 4.51. The molecule has 2 aromatic carbocycles. The highest BCUT2D eigenvalue weighted by Crippen LogP contribution is 2.46. The summed E-state index contributed by atoms with van der Waals surface area (Å²) in [5.41, 5.74) is 1.33. The SMILES string of the molecule is COc1ccccc1-c1cc(O[C@@H]2C[C@H]3C(=O)N[C@]4(C(=O)NS(=O)(=O)C5CC5)C[C@H]4C=CCCCCC[C@H](NC(C)=O)C(=O)N3C2)c2oc3ccccc3c2n1. The van der Waals surface area contributed by atoms with Crippen molar-refractivity contribution in [1.82, 2.24) is 25.2 Å². The number of allylic oxidation sites excluding steroid dienone is 1. The van der Waals surface area contributed by atoms with Crippen molar-refractivity contribution < 1.29 is 41.5 Å². The second-order valence-electron chi connectivity index (χ2n) is 15.2. The van der Waals surface area contributed by atoms with Crippen molar-refractivity contribution in [2.24, 2.45) is 5.92 Å². The molecule has 4 aliphatic rings. The maximum absolute atomic E-state index is 14.5. The first-order valence-electron chi connectivity index (χ1n) is 19.2. The Morgan fingerprint density at radius 1 is 1.02 bits per heavy atom.